The van der Waals surface area contributed by atoms with E-state index in [1.54, 1.807) is 0 Å². The second-order valence-corrected chi connectivity index (χ2v) is 7.36. The Balaban J connectivity index is 1.85. The maximum Gasteiger partial charge on any atom is 0.0175 e. The predicted molar refractivity (Wildman–Crippen MR) is 78.8 cm³/mol. The molecule has 17 heavy (non-hydrogen) atoms. The summed E-state index contributed by atoms with van der Waals surface area (Å²) < 4.78 is 0. The Hall–Kier alpha value is 0.440. The van der Waals surface area contributed by atoms with Crippen LogP contribution in [0.5, 0.6) is 0 Å². The molecule has 2 aliphatic heterocycles. The lowest BCUT2D eigenvalue weighted by Gasteiger charge is -2.39. The van der Waals surface area contributed by atoms with E-state index in [1.165, 1.54) is 57.9 Å². The molecule has 3 atom stereocenters. The highest BCUT2D eigenvalue weighted by Crippen LogP contribution is 2.39. The Labute approximate surface area is 115 Å². The van der Waals surface area contributed by atoms with Crippen LogP contribution >= 0.6 is 15.9 Å². The van der Waals surface area contributed by atoms with Crippen LogP contribution < -0.4 is 0 Å². The molecular formula is C15H28BrN. The van der Waals surface area contributed by atoms with Gasteiger partial charge in [-0.25, -0.2) is 0 Å². The molecule has 2 rings (SSSR count). The molecule has 0 amide bonds. The number of hydrogen-bond acceptors (Lipinski definition) is 1. The Kier molecular flexibility index (Phi) is 5.35. The van der Waals surface area contributed by atoms with Crippen molar-refractivity contribution in [1.29, 1.82) is 0 Å². The molecular weight excluding hydrogens is 274 g/mol. The fourth-order valence-electron chi connectivity index (χ4n) is 3.72. The Bertz CT molecular complexity index is 217. The minimum atomic E-state index is 0.798. The highest BCUT2D eigenvalue weighted by molar-refractivity contribution is 9.09. The first-order valence-corrected chi connectivity index (χ1v) is 8.55. The van der Waals surface area contributed by atoms with Crippen molar-refractivity contribution in [2.45, 2.75) is 82.1 Å². The third-order valence-corrected chi connectivity index (χ3v) is 5.59. The van der Waals surface area contributed by atoms with E-state index in [0.717, 1.165) is 22.8 Å². The third-order valence-electron chi connectivity index (χ3n) is 4.84. The Morgan fingerprint density at radius 2 is 1.82 bits per heavy atom. The monoisotopic (exact) mass is 301 g/mol. The lowest BCUT2D eigenvalue weighted by molar-refractivity contribution is 0.117. The lowest BCUT2D eigenvalue weighted by atomic mass is 9.95. The SMILES string of the molecule is CCCCC(CC)CN1C2CCC1CC(Br)C2. The minimum absolute atomic E-state index is 0.798. The van der Waals surface area contributed by atoms with Crippen molar-refractivity contribution in [2.24, 2.45) is 5.92 Å². The number of alkyl halides is 1. The van der Waals surface area contributed by atoms with E-state index in [-0.39, 0.29) is 0 Å². The maximum atomic E-state index is 3.84. The molecule has 2 heteroatoms. The summed E-state index contributed by atoms with van der Waals surface area (Å²) in [6.07, 6.45) is 11.3. The van der Waals surface area contributed by atoms with E-state index >= 15 is 0 Å². The first kappa shape index (κ1) is 13.9. The number of hydrogen-bond donors (Lipinski definition) is 0. The molecule has 2 bridgehead atoms. The summed E-state index contributed by atoms with van der Waals surface area (Å²) in [6, 6.07) is 1.79. The predicted octanol–water partition coefficient (Wildman–Crippen LogP) is 4.59. The van der Waals surface area contributed by atoms with Gasteiger partial charge in [-0.05, 0) is 38.0 Å². The third kappa shape index (κ3) is 3.47. The smallest absolute Gasteiger partial charge is 0.0175 e. The van der Waals surface area contributed by atoms with Crippen molar-refractivity contribution >= 4 is 15.9 Å². The summed E-state index contributed by atoms with van der Waals surface area (Å²) in [4.78, 5) is 3.66. The van der Waals surface area contributed by atoms with Crippen molar-refractivity contribution in [3.05, 3.63) is 0 Å². The molecule has 0 aromatic rings. The topological polar surface area (TPSA) is 3.24 Å². The van der Waals surface area contributed by atoms with Gasteiger partial charge in [0.2, 0.25) is 0 Å². The van der Waals surface area contributed by atoms with Gasteiger partial charge in [0, 0.05) is 23.5 Å². The van der Waals surface area contributed by atoms with Gasteiger partial charge in [0.05, 0.1) is 0 Å². The van der Waals surface area contributed by atoms with E-state index in [1.807, 2.05) is 0 Å². The Morgan fingerprint density at radius 3 is 2.35 bits per heavy atom. The summed E-state index contributed by atoms with van der Waals surface area (Å²) in [7, 11) is 0. The molecule has 2 heterocycles. The molecule has 0 aromatic carbocycles. The minimum Gasteiger partial charge on any atom is -0.297 e. The van der Waals surface area contributed by atoms with Crippen LogP contribution in [-0.4, -0.2) is 28.4 Å². The first-order chi connectivity index (χ1) is 8.24. The largest absolute Gasteiger partial charge is 0.297 e. The number of fused-ring (bicyclic) bond motifs is 2. The van der Waals surface area contributed by atoms with Crippen LogP contribution in [0.25, 0.3) is 0 Å². The zero-order valence-corrected chi connectivity index (χ0v) is 13.1. The maximum absolute atomic E-state index is 3.84. The molecule has 3 unspecified atom stereocenters. The van der Waals surface area contributed by atoms with Gasteiger partial charge in [0.1, 0.15) is 0 Å². The molecule has 0 radical (unpaired) electrons. The van der Waals surface area contributed by atoms with Crippen molar-refractivity contribution in [2.75, 3.05) is 6.54 Å². The van der Waals surface area contributed by atoms with Gasteiger partial charge < -0.3 is 0 Å². The quantitative estimate of drug-likeness (QED) is 0.648. The number of halogens is 1. The van der Waals surface area contributed by atoms with Crippen molar-refractivity contribution in [1.82, 2.24) is 4.90 Å². The molecule has 100 valence electrons. The summed E-state index contributed by atoms with van der Waals surface area (Å²) in [6.45, 7) is 6.07. The summed E-state index contributed by atoms with van der Waals surface area (Å²) in [5.74, 6) is 0.949. The van der Waals surface area contributed by atoms with E-state index in [4.69, 9.17) is 0 Å². The normalized spacial score (nSPS) is 35.1. The van der Waals surface area contributed by atoms with Crippen LogP contribution in [0.3, 0.4) is 0 Å². The number of rotatable bonds is 6. The van der Waals surface area contributed by atoms with Gasteiger partial charge >= 0.3 is 0 Å². The first-order valence-electron chi connectivity index (χ1n) is 7.64. The molecule has 2 fully saturated rings. The average molecular weight is 302 g/mol. The molecule has 0 saturated carbocycles. The van der Waals surface area contributed by atoms with Gasteiger partial charge in [-0.15, -0.1) is 0 Å². The fourth-order valence-corrected chi connectivity index (χ4v) is 4.58. The van der Waals surface area contributed by atoms with E-state index in [0.29, 0.717) is 0 Å². The van der Waals surface area contributed by atoms with Crippen LogP contribution in [0.1, 0.15) is 65.2 Å². The lowest BCUT2D eigenvalue weighted by Crippen LogP contribution is -2.45. The molecule has 0 spiro atoms. The zero-order valence-electron chi connectivity index (χ0n) is 11.5. The second-order valence-electron chi connectivity index (χ2n) is 6.07. The van der Waals surface area contributed by atoms with Crippen LogP contribution in [0.2, 0.25) is 0 Å². The molecule has 0 aromatic heterocycles. The van der Waals surface area contributed by atoms with Crippen LogP contribution in [0.15, 0.2) is 0 Å². The van der Waals surface area contributed by atoms with Gasteiger partial charge in [-0.2, -0.15) is 0 Å². The number of piperidine rings is 1. The Morgan fingerprint density at radius 1 is 1.18 bits per heavy atom. The van der Waals surface area contributed by atoms with Crippen molar-refractivity contribution < 1.29 is 0 Å². The van der Waals surface area contributed by atoms with Gasteiger partial charge in [0.15, 0.2) is 0 Å². The fraction of sp³-hybridized carbons (Fsp3) is 1.00. The van der Waals surface area contributed by atoms with E-state index in [9.17, 15) is 0 Å². The van der Waals surface area contributed by atoms with E-state index < -0.39 is 0 Å². The van der Waals surface area contributed by atoms with Crippen LogP contribution in [0.4, 0.5) is 0 Å². The van der Waals surface area contributed by atoms with Crippen LogP contribution in [0, 0.1) is 5.92 Å². The van der Waals surface area contributed by atoms with E-state index in [2.05, 4.69) is 34.7 Å². The number of nitrogens with zero attached hydrogens (tertiary/aromatic N) is 1. The van der Waals surface area contributed by atoms with Gasteiger partial charge in [0.25, 0.3) is 0 Å². The molecule has 2 aliphatic rings. The van der Waals surface area contributed by atoms with Crippen LogP contribution in [-0.2, 0) is 0 Å². The average Bonchev–Trinajstić information content (AvgIpc) is 2.56. The summed E-state index contributed by atoms with van der Waals surface area (Å²) >= 11 is 3.84. The van der Waals surface area contributed by atoms with Crippen molar-refractivity contribution in [3.63, 3.8) is 0 Å². The number of unbranched alkanes of at least 4 members (excludes halogenated alkanes) is 1. The highest BCUT2D eigenvalue weighted by atomic mass is 79.9. The summed E-state index contributed by atoms with van der Waals surface area (Å²) in [5.41, 5.74) is 0. The zero-order chi connectivity index (χ0) is 12.3. The molecule has 0 N–H and O–H groups in total. The van der Waals surface area contributed by atoms with Gasteiger partial charge in [-0.1, -0.05) is 49.0 Å². The van der Waals surface area contributed by atoms with Gasteiger partial charge in [-0.3, -0.25) is 4.90 Å². The van der Waals surface area contributed by atoms with Crippen molar-refractivity contribution in [3.8, 4) is 0 Å². The summed E-state index contributed by atoms with van der Waals surface area (Å²) in [5, 5.41) is 0. The standard InChI is InChI=1S/C15H28BrN/c1-3-5-6-12(4-2)11-17-14-7-8-15(17)10-13(16)9-14/h12-15H,3-11H2,1-2H3. The molecule has 1 nitrogen and oxygen atoms in total. The second kappa shape index (κ2) is 6.56. The highest BCUT2D eigenvalue weighted by Gasteiger charge is 2.40. The molecule has 2 saturated heterocycles. The molecule has 0 aliphatic carbocycles.